The van der Waals surface area contributed by atoms with Crippen LogP contribution < -0.4 is 5.73 Å². The second-order valence-corrected chi connectivity index (χ2v) is 4.02. The number of nitrogens with two attached hydrogens (primary N) is 1. The van der Waals surface area contributed by atoms with Gasteiger partial charge in [-0.15, -0.1) is 0 Å². The fraction of sp³-hybridized carbons (Fsp3) is 0.800. The standard InChI is InChI=1S/C10H18N2O2/c1-3-8(10(11)14)12-6-7(2)4-5-9(12)13/h7-8H,3-6H2,1-2H3,(H2,11,14)/t7?,8-/m0/s1. The molecule has 1 saturated heterocycles. The first-order chi connectivity index (χ1) is 6.56. The van der Waals surface area contributed by atoms with Crippen LogP contribution in [0.5, 0.6) is 0 Å². The third-order valence-corrected chi connectivity index (χ3v) is 2.77. The SMILES string of the molecule is CC[C@@H](C(N)=O)N1CC(C)CCC1=O. The lowest BCUT2D eigenvalue weighted by Crippen LogP contribution is -2.51. The summed E-state index contributed by atoms with van der Waals surface area (Å²) < 4.78 is 0. The maximum Gasteiger partial charge on any atom is 0.240 e. The van der Waals surface area contributed by atoms with Gasteiger partial charge in [0.1, 0.15) is 6.04 Å². The van der Waals surface area contributed by atoms with E-state index in [1.54, 1.807) is 4.90 Å². The number of rotatable bonds is 3. The van der Waals surface area contributed by atoms with Crippen molar-refractivity contribution in [2.24, 2.45) is 11.7 Å². The van der Waals surface area contributed by atoms with E-state index in [0.29, 0.717) is 25.3 Å². The van der Waals surface area contributed by atoms with Crippen molar-refractivity contribution in [2.45, 2.75) is 39.2 Å². The van der Waals surface area contributed by atoms with E-state index in [9.17, 15) is 9.59 Å². The van der Waals surface area contributed by atoms with E-state index in [4.69, 9.17) is 5.73 Å². The van der Waals surface area contributed by atoms with Gasteiger partial charge in [-0.1, -0.05) is 13.8 Å². The number of nitrogens with zero attached hydrogens (tertiary/aromatic N) is 1. The van der Waals surface area contributed by atoms with Gasteiger partial charge in [0.2, 0.25) is 11.8 Å². The Bertz CT molecular complexity index is 240. The molecule has 0 aliphatic carbocycles. The fourth-order valence-corrected chi connectivity index (χ4v) is 1.92. The zero-order chi connectivity index (χ0) is 10.7. The maximum atomic E-state index is 11.6. The van der Waals surface area contributed by atoms with Crippen LogP contribution in [0.2, 0.25) is 0 Å². The van der Waals surface area contributed by atoms with Gasteiger partial charge >= 0.3 is 0 Å². The topological polar surface area (TPSA) is 63.4 Å². The highest BCUT2D eigenvalue weighted by molar-refractivity contribution is 5.86. The average molecular weight is 198 g/mol. The Hall–Kier alpha value is -1.06. The van der Waals surface area contributed by atoms with Crippen molar-refractivity contribution in [1.82, 2.24) is 4.90 Å². The van der Waals surface area contributed by atoms with Crippen LogP contribution in [0.4, 0.5) is 0 Å². The number of amides is 2. The molecule has 14 heavy (non-hydrogen) atoms. The lowest BCUT2D eigenvalue weighted by Gasteiger charge is -2.35. The van der Waals surface area contributed by atoms with E-state index in [1.165, 1.54) is 0 Å². The van der Waals surface area contributed by atoms with Gasteiger partial charge in [0.25, 0.3) is 0 Å². The maximum absolute atomic E-state index is 11.6. The van der Waals surface area contributed by atoms with E-state index < -0.39 is 11.9 Å². The Labute approximate surface area is 84.4 Å². The van der Waals surface area contributed by atoms with Crippen molar-refractivity contribution < 1.29 is 9.59 Å². The normalized spacial score (nSPS) is 24.9. The summed E-state index contributed by atoms with van der Waals surface area (Å²) in [6.45, 7) is 4.63. The minimum Gasteiger partial charge on any atom is -0.368 e. The Balaban J connectivity index is 2.71. The van der Waals surface area contributed by atoms with Gasteiger partial charge in [-0.25, -0.2) is 0 Å². The molecular formula is C10H18N2O2. The Morgan fingerprint density at radius 1 is 1.71 bits per heavy atom. The summed E-state index contributed by atoms with van der Waals surface area (Å²) in [7, 11) is 0. The summed E-state index contributed by atoms with van der Waals surface area (Å²) in [5.41, 5.74) is 5.25. The molecule has 0 spiro atoms. The van der Waals surface area contributed by atoms with Crippen molar-refractivity contribution in [3.8, 4) is 0 Å². The van der Waals surface area contributed by atoms with E-state index >= 15 is 0 Å². The second-order valence-electron chi connectivity index (χ2n) is 4.02. The van der Waals surface area contributed by atoms with Crippen molar-refractivity contribution in [1.29, 1.82) is 0 Å². The molecule has 4 heteroatoms. The quantitative estimate of drug-likeness (QED) is 0.718. The highest BCUT2D eigenvalue weighted by atomic mass is 16.2. The molecule has 2 atom stereocenters. The molecule has 2 amide bonds. The summed E-state index contributed by atoms with van der Waals surface area (Å²) in [5.74, 6) is 0.143. The molecular weight excluding hydrogens is 180 g/mol. The van der Waals surface area contributed by atoms with Crippen LogP contribution in [0.3, 0.4) is 0 Å². The molecule has 1 fully saturated rings. The van der Waals surface area contributed by atoms with Crippen molar-refractivity contribution in [3.05, 3.63) is 0 Å². The first-order valence-corrected chi connectivity index (χ1v) is 5.15. The number of piperidine rings is 1. The monoisotopic (exact) mass is 198 g/mol. The molecule has 1 aliphatic rings. The van der Waals surface area contributed by atoms with E-state index in [-0.39, 0.29) is 5.91 Å². The van der Waals surface area contributed by atoms with Crippen LogP contribution in [0.25, 0.3) is 0 Å². The fourth-order valence-electron chi connectivity index (χ4n) is 1.92. The van der Waals surface area contributed by atoms with Gasteiger partial charge in [-0.2, -0.15) is 0 Å². The van der Waals surface area contributed by atoms with Crippen molar-refractivity contribution in [3.63, 3.8) is 0 Å². The van der Waals surface area contributed by atoms with Crippen LogP contribution in [-0.2, 0) is 9.59 Å². The molecule has 0 saturated carbocycles. The number of hydrogen-bond acceptors (Lipinski definition) is 2. The highest BCUT2D eigenvalue weighted by Crippen LogP contribution is 2.20. The lowest BCUT2D eigenvalue weighted by atomic mass is 9.97. The Kier molecular flexibility index (Phi) is 3.49. The molecule has 80 valence electrons. The predicted molar refractivity (Wildman–Crippen MR) is 53.4 cm³/mol. The van der Waals surface area contributed by atoms with E-state index in [1.807, 2.05) is 6.92 Å². The zero-order valence-electron chi connectivity index (χ0n) is 8.82. The van der Waals surface area contributed by atoms with E-state index in [0.717, 1.165) is 6.42 Å². The first kappa shape index (κ1) is 11.0. The number of carbonyl (C=O) groups is 2. The van der Waals surface area contributed by atoms with Crippen LogP contribution in [0.15, 0.2) is 0 Å². The van der Waals surface area contributed by atoms with Gasteiger partial charge in [-0.3, -0.25) is 9.59 Å². The third kappa shape index (κ3) is 2.25. The molecule has 0 radical (unpaired) electrons. The van der Waals surface area contributed by atoms with E-state index in [2.05, 4.69) is 6.92 Å². The number of carbonyl (C=O) groups excluding carboxylic acids is 2. The third-order valence-electron chi connectivity index (χ3n) is 2.77. The molecule has 2 N–H and O–H groups in total. The summed E-state index contributed by atoms with van der Waals surface area (Å²) in [6.07, 6.45) is 2.07. The number of likely N-dealkylation sites (tertiary alicyclic amines) is 1. The minimum atomic E-state index is -0.412. The number of hydrogen-bond donors (Lipinski definition) is 1. The summed E-state index contributed by atoms with van der Waals surface area (Å²) >= 11 is 0. The summed E-state index contributed by atoms with van der Waals surface area (Å²) in [4.78, 5) is 24.3. The van der Waals surface area contributed by atoms with Gasteiger partial charge in [0.05, 0.1) is 0 Å². The smallest absolute Gasteiger partial charge is 0.240 e. The van der Waals surface area contributed by atoms with Gasteiger partial charge < -0.3 is 10.6 Å². The zero-order valence-corrected chi connectivity index (χ0v) is 8.82. The minimum absolute atomic E-state index is 0.0637. The molecule has 4 nitrogen and oxygen atoms in total. The molecule has 1 heterocycles. The lowest BCUT2D eigenvalue weighted by molar-refractivity contribution is -0.142. The van der Waals surface area contributed by atoms with Crippen molar-refractivity contribution in [2.75, 3.05) is 6.54 Å². The summed E-state index contributed by atoms with van der Waals surface area (Å²) in [5, 5.41) is 0. The molecule has 1 rings (SSSR count). The Morgan fingerprint density at radius 2 is 2.36 bits per heavy atom. The average Bonchev–Trinajstić information content (AvgIpc) is 2.11. The molecule has 1 aliphatic heterocycles. The molecule has 1 unspecified atom stereocenters. The Morgan fingerprint density at radius 3 is 2.86 bits per heavy atom. The van der Waals surface area contributed by atoms with Crippen LogP contribution in [-0.4, -0.2) is 29.3 Å². The molecule has 0 bridgehead atoms. The molecule has 0 aromatic rings. The highest BCUT2D eigenvalue weighted by Gasteiger charge is 2.30. The van der Waals surface area contributed by atoms with Gasteiger partial charge in [0, 0.05) is 13.0 Å². The van der Waals surface area contributed by atoms with Gasteiger partial charge in [-0.05, 0) is 18.8 Å². The summed E-state index contributed by atoms with van der Waals surface area (Å²) in [6, 6.07) is -0.412. The van der Waals surface area contributed by atoms with Gasteiger partial charge in [0.15, 0.2) is 0 Å². The first-order valence-electron chi connectivity index (χ1n) is 5.15. The van der Waals surface area contributed by atoms with Crippen molar-refractivity contribution >= 4 is 11.8 Å². The largest absolute Gasteiger partial charge is 0.368 e. The number of primary amides is 1. The molecule has 0 aromatic heterocycles. The van der Waals surface area contributed by atoms with Crippen LogP contribution in [0, 0.1) is 5.92 Å². The molecule has 0 aromatic carbocycles. The van der Waals surface area contributed by atoms with Crippen LogP contribution in [0.1, 0.15) is 33.1 Å². The second kappa shape index (κ2) is 4.44. The van der Waals surface area contributed by atoms with Crippen LogP contribution >= 0.6 is 0 Å². The predicted octanol–water partition coefficient (Wildman–Crippen LogP) is 0.509.